The van der Waals surface area contributed by atoms with Crippen LogP contribution >= 0.6 is 0 Å². The van der Waals surface area contributed by atoms with Crippen LogP contribution in [0.2, 0.25) is 0 Å². The van der Waals surface area contributed by atoms with Crippen molar-refractivity contribution >= 4 is 5.91 Å². The van der Waals surface area contributed by atoms with Gasteiger partial charge in [0.2, 0.25) is 5.91 Å². The third-order valence-corrected chi connectivity index (χ3v) is 4.52. The highest BCUT2D eigenvalue weighted by molar-refractivity contribution is 5.76. The SMILES string of the molecule is CNC1(C)CCN(C(=O)CCCc2ccccc2)CC1. The number of benzene rings is 1. The molecule has 2 rings (SSSR count). The second kappa shape index (κ2) is 6.89. The predicted molar refractivity (Wildman–Crippen MR) is 82.7 cm³/mol. The van der Waals surface area contributed by atoms with Crippen LogP contribution in [-0.4, -0.2) is 36.5 Å². The lowest BCUT2D eigenvalue weighted by molar-refractivity contribution is -0.132. The highest BCUT2D eigenvalue weighted by Gasteiger charge is 2.29. The molecular formula is C17H26N2O. The fraction of sp³-hybridized carbons (Fsp3) is 0.588. The van der Waals surface area contributed by atoms with Crippen molar-refractivity contribution in [2.45, 2.75) is 44.6 Å². The number of piperidine rings is 1. The first kappa shape index (κ1) is 15.0. The highest BCUT2D eigenvalue weighted by Crippen LogP contribution is 2.21. The van der Waals surface area contributed by atoms with Gasteiger partial charge in [0.25, 0.3) is 0 Å². The number of rotatable bonds is 5. The summed E-state index contributed by atoms with van der Waals surface area (Å²) in [5, 5.41) is 3.37. The van der Waals surface area contributed by atoms with E-state index in [4.69, 9.17) is 0 Å². The number of amides is 1. The molecule has 3 heteroatoms. The van der Waals surface area contributed by atoms with E-state index in [-0.39, 0.29) is 5.54 Å². The molecule has 0 unspecified atom stereocenters. The summed E-state index contributed by atoms with van der Waals surface area (Å²) < 4.78 is 0. The molecule has 20 heavy (non-hydrogen) atoms. The minimum absolute atomic E-state index is 0.209. The summed E-state index contributed by atoms with van der Waals surface area (Å²) in [7, 11) is 2.01. The Bertz CT molecular complexity index is 422. The number of carbonyl (C=O) groups excluding carboxylic acids is 1. The van der Waals surface area contributed by atoms with Gasteiger partial charge in [-0.2, -0.15) is 0 Å². The van der Waals surface area contributed by atoms with E-state index in [1.807, 2.05) is 18.0 Å². The second-order valence-corrected chi connectivity index (χ2v) is 6.03. The Balaban J connectivity index is 1.71. The molecule has 1 aliphatic rings. The third-order valence-electron chi connectivity index (χ3n) is 4.52. The number of hydrogen-bond acceptors (Lipinski definition) is 2. The van der Waals surface area contributed by atoms with Crippen LogP contribution in [0.25, 0.3) is 0 Å². The van der Waals surface area contributed by atoms with Crippen LogP contribution in [0.5, 0.6) is 0 Å². The molecule has 0 bridgehead atoms. The van der Waals surface area contributed by atoms with Crippen LogP contribution in [0, 0.1) is 0 Å². The van der Waals surface area contributed by atoms with Crippen LogP contribution in [0.3, 0.4) is 0 Å². The van der Waals surface area contributed by atoms with E-state index < -0.39 is 0 Å². The summed E-state index contributed by atoms with van der Waals surface area (Å²) in [5.41, 5.74) is 1.53. The molecule has 0 spiro atoms. The largest absolute Gasteiger partial charge is 0.343 e. The lowest BCUT2D eigenvalue weighted by atomic mass is 9.90. The Morgan fingerprint density at radius 2 is 1.90 bits per heavy atom. The summed E-state index contributed by atoms with van der Waals surface area (Å²) in [6.07, 6.45) is 4.71. The van der Waals surface area contributed by atoms with Gasteiger partial charge in [0.15, 0.2) is 0 Å². The Hall–Kier alpha value is -1.35. The van der Waals surface area contributed by atoms with Crippen molar-refractivity contribution in [2.75, 3.05) is 20.1 Å². The topological polar surface area (TPSA) is 32.3 Å². The minimum atomic E-state index is 0.209. The molecule has 1 fully saturated rings. The first-order valence-electron chi connectivity index (χ1n) is 7.64. The highest BCUT2D eigenvalue weighted by atomic mass is 16.2. The molecule has 0 saturated carbocycles. The average molecular weight is 274 g/mol. The van der Waals surface area contributed by atoms with Crippen molar-refractivity contribution in [3.05, 3.63) is 35.9 Å². The first-order valence-corrected chi connectivity index (χ1v) is 7.64. The third kappa shape index (κ3) is 4.07. The molecule has 0 radical (unpaired) electrons. The molecule has 0 aromatic heterocycles. The number of nitrogens with one attached hydrogen (secondary N) is 1. The van der Waals surface area contributed by atoms with Crippen molar-refractivity contribution < 1.29 is 4.79 Å². The van der Waals surface area contributed by atoms with Crippen LogP contribution in [-0.2, 0) is 11.2 Å². The van der Waals surface area contributed by atoms with Gasteiger partial charge >= 0.3 is 0 Å². The van der Waals surface area contributed by atoms with E-state index in [1.165, 1.54) is 5.56 Å². The van der Waals surface area contributed by atoms with Crippen molar-refractivity contribution in [3.63, 3.8) is 0 Å². The Labute approximate surface area is 122 Å². The molecule has 1 N–H and O–H groups in total. The fourth-order valence-corrected chi connectivity index (χ4v) is 2.75. The summed E-state index contributed by atoms with van der Waals surface area (Å²) in [4.78, 5) is 14.2. The maximum absolute atomic E-state index is 12.2. The maximum atomic E-state index is 12.2. The van der Waals surface area contributed by atoms with Crippen LogP contribution < -0.4 is 5.32 Å². The Kier molecular flexibility index (Phi) is 5.18. The number of likely N-dealkylation sites (tertiary alicyclic amines) is 1. The Morgan fingerprint density at radius 3 is 2.50 bits per heavy atom. The number of hydrogen-bond donors (Lipinski definition) is 1. The van der Waals surface area contributed by atoms with Crippen molar-refractivity contribution in [3.8, 4) is 0 Å². The van der Waals surface area contributed by atoms with Crippen LogP contribution in [0.4, 0.5) is 0 Å². The maximum Gasteiger partial charge on any atom is 0.222 e. The molecule has 110 valence electrons. The zero-order valence-corrected chi connectivity index (χ0v) is 12.7. The lowest BCUT2D eigenvalue weighted by Crippen LogP contribution is -2.51. The quantitative estimate of drug-likeness (QED) is 0.895. The summed E-state index contributed by atoms with van der Waals surface area (Å²) in [5.74, 6) is 0.319. The number of nitrogens with zero attached hydrogens (tertiary/aromatic N) is 1. The van der Waals surface area contributed by atoms with E-state index in [9.17, 15) is 4.79 Å². The standard InChI is InChI=1S/C17H26N2O/c1-17(18-2)11-13-19(14-12-17)16(20)10-6-9-15-7-4-3-5-8-15/h3-5,7-8,18H,6,9-14H2,1-2H3. The van der Waals surface area contributed by atoms with Gasteiger partial charge in [0.1, 0.15) is 0 Å². The summed E-state index contributed by atoms with van der Waals surface area (Å²) >= 11 is 0. The van der Waals surface area contributed by atoms with Crippen molar-refractivity contribution in [2.24, 2.45) is 0 Å². The Morgan fingerprint density at radius 1 is 1.25 bits per heavy atom. The van der Waals surface area contributed by atoms with E-state index in [0.717, 1.165) is 38.8 Å². The van der Waals surface area contributed by atoms with Crippen LogP contribution in [0.1, 0.15) is 38.2 Å². The van der Waals surface area contributed by atoms with E-state index in [1.54, 1.807) is 0 Å². The summed E-state index contributed by atoms with van der Waals surface area (Å²) in [6, 6.07) is 10.4. The van der Waals surface area contributed by atoms with Gasteiger partial charge in [0, 0.05) is 25.0 Å². The minimum Gasteiger partial charge on any atom is -0.343 e. The monoisotopic (exact) mass is 274 g/mol. The van der Waals surface area contributed by atoms with E-state index in [0.29, 0.717) is 12.3 Å². The van der Waals surface area contributed by atoms with Gasteiger partial charge in [-0.3, -0.25) is 4.79 Å². The predicted octanol–water partition coefficient (Wildman–Crippen LogP) is 2.61. The molecule has 1 aromatic carbocycles. The molecule has 1 amide bonds. The molecule has 1 heterocycles. The molecule has 1 aromatic rings. The first-order chi connectivity index (χ1) is 9.63. The van der Waals surface area contributed by atoms with Gasteiger partial charge in [0.05, 0.1) is 0 Å². The average Bonchev–Trinajstić information content (AvgIpc) is 2.49. The number of aryl methyl sites for hydroxylation is 1. The van der Waals surface area contributed by atoms with E-state index >= 15 is 0 Å². The lowest BCUT2D eigenvalue weighted by Gasteiger charge is -2.39. The zero-order chi connectivity index (χ0) is 14.4. The number of carbonyl (C=O) groups is 1. The van der Waals surface area contributed by atoms with Crippen molar-refractivity contribution in [1.29, 1.82) is 0 Å². The molecule has 3 nitrogen and oxygen atoms in total. The summed E-state index contributed by atoms with van der Waals surface area (Å²) in [6.45, 7) is 4.02. The fourth-order valence-electron chi connectivity index (χ4n) is 2.75. The van der Waals surface area contributed by atoms with Gasteiger partial charge in [-0.25, -0.2) is 0 Å². The molecular weight excluding hydrogens is 248 g/mol. The zero-order valence-electron chi connectivity index (χ0n) is 12.7. The van der Waals surface area contributed by atoms with Gasteiger partial charge in [-0.15, -0.1) is 0 Å². The normalized spacial score (nSPS) is 18.0. The smallest absolute Gasteiger partial charge is 0.222 e. The molecule has 1 saturated heterocycles. The molecule has 1 aliphatic heterocycles. The van der Waals surface area contributed by atoms with E-state index in [2.05, 4.69) is 36.5 Å². The van der Waals surface area contributed by atoms with Crippen LogP contribution in [0.15, 0.2) is 30.3 Å². The molecule has 0 atom stereocenters. The van der Waals surface area contributed by atoms with Crippen molar-refractivity contribution in [1.82, 2.24) is 10.2 Å². The molecule has 0 aliphatic carbocycles. The van der Waals surface area contributed by atoms with Gasteiger partial charge in [-0.1, -0.05) is 30.3 Å². The van der Waals surface area contributed by atoms with Gasteiger partial charge in [-0.05, 0) is 45.2 Å². The second-order valence-electron chi connectivity index (χ2n) is 6.03. The van der Waals surface area contributed by atoms with Gasteiger partial charge < -0.3 is 10.2 Å².